The van der Waals surface area contributed by atoms with E-state index in [-0.39, 0.29) is 28.6 Å². The third kappa shape index (κ3) is 12.0. The Hall–Kier alpha value is -7.08. The minimum absolute atomic E-state index is 0.106. The van der Waals surface area contributed by atoms with Crippen LogP contribution in [0.1, 0.15) is 111 Å². The maximum absolute atomic E-state index is 14.9. The average molecular weight is 1210 g/mol. The Morgan fingerprint density at radius 1 is 0.897 bits per heavy atom. The van der Waals surface area contributed by atoms with Crippen LogP contribution in [0.4, 0.5) is 34.3 Å². The van der Waals surface area contributed by atoms with Crippen molar-refractivity contribution in [2.24, 2.45) is 11.3 Å². The predicted molar refractivity (Wildman–Crippen MR) is 333 cm³/mol. The van der Waals surface area contributed by atoms with Gasteiger partial charge in [-0.25, -0.2) is 18.1 Å². The number of fused-ring (bicyclic) bond motifs is 3. The second kappa shape index (κ2) is 24.1. The number of H-pyrrole nitrogens is 1. The van der Waals surface area contributed by atoms with Gasteiger partial charge in [-0.05, 0) is 141 Å². The molecule has 1 saturated carbocycles. The molecule has 462 valence electrons. The second-order valence-corrected chi connectivity index (χ2v) is 27.6. The van der Waals surface area contributed by atoms with E-state index in [0.717, 1.165) is 125 Å². The van der Waals surface area contributed by atoms with E-state index in [1.807, 2.05) is 43.6 Å². The molecule has 7 aliphatic rings. The van der Waals surface area contributed by atoms with Gasteiger partial charge < -0.3 is 49.1 Å². The maximum atomic E-state index is 14.9. The standard InChI is InChI=1S/C65H81N11O10S/c1-42(2)48-7-5-6-8-49(48)51-38-71(37-44-31-58(83-4)61(68-36-44)73-26-29-84-30-27-73)23-16-53(51)74-40-65(41-74)20-24-72(25-21-65)46-9-11-50(55(33-46)75-54-17-28-85-39-59(54)86-63-57(75)32-45-15-22-66-60(45)69-63)62(77)70-87(81,82)47-10-12-52(56(34-47)76(79)80)67-35-43-13-18-64(3,78)19-14-43/h5-12,15,22,31-34,36,42-43,51,53-54,59,67,78H,13-14,16-21,23-30,35,37-41H2,1-4H3,(H,66,69)(H,70,77)/t43-,51-,53-,54-,59-,64-/m0/s1. The van der Waals surface area contributed by atoms with Crippen molar-refractivity contribution in [2.75, 3.05) is 112 Å². The molecule has 1 spiro atoms. The summed E-state index contributed by atoms with van der Waals surface area (Å²) in [5.41, 5.74) is 5.96. The number of carbonyl (C=O) groups is 1. The van der Waals surface area contributed by atoms with E-state index in [1.54, 1.807) is 13.2 Å². The van der Waals surface area contributed by atoms with Crippen LogP contribution in [-0.4, -0.2) is 165 Å². The summed E-state index contributed by atoms with van der Waals surface area (Å²) >= 11 is 0. The monoisotopic (exact) mass is 1210 g/mol. The smallest absolute Gasteiger partial charge is 0.293 e. The number of anilines is 5. The lowest BCUT2D eigenvalue weighted by atomic mass is 9.69. The molecule has 13 rings (SSSR count). The number of aromatic nitrogens is 3. The molecule has 21 nitrogen and oxygen atoms in total. The van der Waals surface area contributed by atoms with Crippen LogP contribution in [0.25, 0.3) is 11.0 Å². The van der Waals surface area contributed by atoms with Gasteiger partial charge in [0.05, 0.1) is 59.6 Å². The molecule has 0 unspecified atom stereocenters. The fourth-order valence-corrected chi connectivity index (χ4v) is 15.9. The number of nitrogens with one attached hydrogen (secondary N) is 3. The first-order valence-electron chi connectivity index (χ1n) is 31.1. The Balaban J connectivity index is 0.743. The molecule has 1 amide bonds. The van der Waals surface area contributed by atoms with Gasteiger partial charge in [0.2, 0.25) is 5.88 Å². The third-order valence-corrected chi connectivity index (χ3v) is 21.1. The molecule has 87 heavy (non-hydrogen) atoms. The Morgan fingerprint density at radius 2 is 1.69 bits per heavy atom. The Kier molecular flexibility index (Phi) is 16.3. The number of methoxy groups -OCH3 is 1. The molecule has 6 aliphatic heterocycles. The molecule has 22 heteroatoms. The van der Waals surface area contributed by atoms with Crippen LogP contribution in [0.5, 0.6) is 11.6 Å². The highest BCUT2D eigenvalue weighted by Crippen LogP contribution is 2.49. The molecule has 0 radical (unpaired) electrons. The topological polar surface area (TPSA) is 233 Å². The fraction of sp³-hybridized carbons (Fsp3) is 0.523. The summed E-state index contributed by atoms with van der Waals surface area (Å²) in [5, 5.41) is 26.9. The van der Waals surface area contributed by atoms with E-state index in [2.05, 4.69) is 83.7 Å². The van der Waals surface area contributed by atoms with Crippen LogP contribution in [0.3, 0.4) is 0 Å². The number of piperidine rings is 2. The number of ether oxygens (including phenoxy) is 4. The quantitative estimate of drug-likeness (QED) is 0.0523. The van der Waals surface area contributed by atoms with E-state index >= 15 is 0 Å². The number of aromatic amines is 1. The molecule has 3 aromatic heterocycles. The average Bonchev–Trinajstić information content (AvgIpc) is 1.53. The number of nitro benzene ring substituents is 1. The summed E-state index contributed by atoms with van der Waals surface area (Å²) in [6, 6.07) is 24.5. The van der Waals surface area contributed by atoms with Crippen LogP contribution in [0.15, 0.2) is 96.2 Å². The highest BCUT2D eigenvalue weighted by molar-refractivity contribution is 7.90. The maximum Gasteiger partial charge on any atom is 0.293 e. The summed E-state index contributed by atoms with van der Waals surface area (Å²) in [7, 11) is -2.92. The summed E-state index contributed by atoms with van der Waals surface area (Å²) in [6.07, 6.45) is 9.75. The first kappa shape index (κ1) is 58.9. The number of pyridine rings is 2. The number of nitro groups is 1. The Labute approximate surface area is 508 Å². The number of rotatable bonds is 16. The van der Waals surface area contributed by atoms with Crippen LogP contribution >= 0.6 is 0 Å². The number of likely N-dealkylation sites (tertiary alicyclic amines) is 2. The van der Waals surface area contributed by atoms with Crippen molar-refractivity contribution in [2.45, 2.75) is 119 Å². The first-order valence-corrected chi connectivity index (χ1v) is 32.6. The zero-order chi connectivity index (χ0) is 60.2. The van der Waals surface area contributed by atoms with Crippen LogP contribution in [0.2, 0.25) is 0 Å². The zero-order valence-electron chi connectivity index (χ0n) is 50.3. The molecule has 1 aliphatic carbocycles. The van der Waals surface area contributed by atoms with Crippen molar-refractivity contribution < 1.29 is 42.2 Å². The molecule has 4 N–H and O–H groups in total. The SMILES string of the molecule is COc1cc(CN2CC[C@H](N3CC4(CCN(c5ccc(C(=O)NS(=O)(=O)c6ccc(NC[C@H]7CC[C@](C)(O)CC7)c([N+](=O)[O-])c6)c(N6c7cc8cc[nH]c8nc7O[C@H]7COCC[C@@H]76)c5)CC4)C3)[C@H](c3ccccc3C(C)C)C2)cnc1N1CCOCC1. The largest absolute Gasteiger partial charge is 0.493 e. The van der Waals surface area contributed by atoms with E-state index < -0.39 is 43.1 Å². The molecular formula is C65H81N11O10S. The normalized spacial score (nSPS) is 25.1. The van der Waals surface area contributed by atoms with Gasteiger partial charge in [-0.2, -0.15) is 4.98 Å². The van der Waals surface area contributed by atoms with Crippen molar-refractivity contribution in [3.63, 3.8) is 0 Å². The number of hydrogen-bond acceptors (Lipinski definition) is 18. The van der Waals surface area contributed by atoms with Crippen molar-refractivity contribution in [3.8, 4) is 11.6 Å². The highest BCUT2D eigenvalue weighted by Gasteiger charge is 2.50. The molecule has 0 bridgehead atoms. The molecular weight excluding hydrogens is 1130 g/mol. The predicted octanol–water partition coefficient (Wildman–Crippen LogP) is 8.96. The van der Waals surface area contributed by atoms with Crippen molar-refractivity contribution in [1.29, 1.82) is 0 Å². The minimum Gasteiger partial charge on any atom is -0.493 e. The second-order valence-electron chi connectivity index (χ2n) is 25.9. The Morgan fingerprint density at radius 3 is 2.46 bits per heavy atom. The van der Waals surface area contributed by atoms with Gasteiger partial charge in [0.1, 0.15) is 23.1 Å². The van der Waals surface area contributed by atoms with Gasteiger partial charge in [0.25, 0.3) is 21.6 Å². The molecule has 5 saturated heterocycles. The summed E-state index contributed by atoms with van der Waals surface area (Å²) in [5.74, 6) is 2.05. The number of morpholine rings is 1. The number of benzene rings is 3. The van der Waals surface area contributed by atoms with Gasteiger partial charge in [-0.3, -0.25) is 24.7 Å². The summed E-state index contributed by atoms with van der Waals surface area (Å²) < 4.78 is 55.0. The molecule has 9 heterocycles. The lowest BCUT2D eigenvalue weighted by Crippen LogP contribution is -2.65. The number of sulfonamides is 1. The van der Waals surface area contributed by atoms with Crippen molar-refractivity contribution >= 4 is 61.2 Å². The van der Waals surface area contributed by atoms with E-state index in [1.165, 1.54) is 23.3 Å². The van der Waals surface area contributed by atoms with E-state index in [4.69, 9.17) is 28.9 Å². The zero-order valence-corrected chi connectivity index (χ0v) is 51.1. The lowest BCUT2D eigenvalue weighted by molar-refractivity contribution is -0.384. The highest BCUT2D eigenvalue weighted by atomic mass is 32.2. The fourth-order valence-electron chi connectivity index (χ4n) is 14.9. The minimum atomic E-state index is -4.65. The van der Waals surface area contributed by atoms with Crippen LogP contribution in [-0.2, 0) is 26.0 Å². The van der Waals surface area contributed by atoms with Gasteiger partial charge in [0.15, 0.2) is 11.6 Å². The summed E-state index contributed by atoms with van der Waals surface area (Å²) in [4.78, 5) is 51.4. The molecule has 6 aromatic rings. The van der Waals surface area contributed by atoms with Crippen molar-refractivity contribution in [3.05, 3.63) is 124 Å². The molecule has 3 aromatic carbocycles. The van der Waals surface area contributed by atoms with Gasteiger partial charge in [-0.15, -0.1) is 0 Å². The number of hydrogen-bond donors (Lipinski definition) is 4. The Bertz CT molecular complexity index is 3620. The summed E-state index contributed by atoms with van der Waals surface area (Å²) in [6.45, 7) is 16.9. The van der Waals surface area contributed by atoms with Gasteiger partial charge in [-0.1, -0.05) is 38.1 Å². The van der Waals surface area contributed by atoms with E-state index in [9.17, 15) is 28.4 Å². The number of amides is 1. The number of carbonyl (C=O) groups excluding carboxylic acids is 1. The third-order valence-electron chi connectivity index (χ3n) is 19.8. The van der Waals surface area contributed by atoms with Gasteiger partial charge in [0, 0.05) is 114 Å². The van der Waals surface area contributed by atoms with E-state index in [0.29, 0.717) is 93.0 Å². The van der Waals surface area contributed by atoms with Gasteiger partial charge >= 0.3 is 0 Å². The lowest BCUT2D eigenvalue weighted by Gasteiger charge is -2.59. The number of aliphatic hydroxyl groups is 1. The van der Waals surface area contributed by atoms with Crippen LogP contribution < -0.4 is 34.2 Å². The van der Waals surface area contributed by atoms with Crippen LogP contribution in [0, 0.1) is 21.4 Å². The molecule has 4 atom stereocenters. The first-order chi connectivity index (χ1) is 42.0. The molecule has 6 fully saturated rings. The number of nitrogens with zero attached hydrogens (tertiary/aromatic N) is 8. The van der Waals surface area contributed by atoms with Crippen molar-refractivity contribution in [1.82, 2.24) is 29.5 Å².